The maximum absolute atomic E-state index is 13.1. The molecule has 0 N–H and O–H groups in total. The minimum absolute atomic E-state index is 0.0385. The summed E-state index contributed by atoms with van der Waals surface area (Å²) in [6.45, 7) is 3.16. The first-order valence-corrected chi connectivity index (χ1v) is 12.1. The fourth-order valence-electron chi connectivity index (χ4n) is 4.26. The number of sulfonamides is 1. The summed E-state index contributed by atoms with van der Waals surface area (Å²) in [4.78, 5) is 28.7. The first-order valence-electron chi connectivity index (χ1n) is 9.65. The highest BCUT2D eigenvalue weighted by atomic mass is 32.2. The molecule has 29 heavy (non-hydrogen) atoms. The van der Waals surface area contributed by atoms with Crippen LogP contribution in [0.1, 0.15) is 19.8 Å². The molecule has 3 fully saturated rings. The maximum atomic E-state index is 13.1. The summed E-state index contributed by atoms with van der Waals surface area (Å²) in [6, 6.07) is 5.86. The van der Waals surface area contributed by atoms with Crippen LogP contribution in [-0.4, -0.2) is 84.3 Å². The van der Waals surface area contributed by atoms with Gasteiger partial charge in [-0.05, 0) is 37.6 Å². The SMILES string of the molecule is COc1ccc(S(=O)(=O)N2CCN(C(=O)[C@@H]3CS[C@]4(C)CCC(=O)N34)CC2)cc1. The van der Waals surface area contributed by atoms with Crippen molar-refractivity contribution >= 4 is 33.6 Å². The Kier molecular flexibility index (Phi) is 5.28. The highest BCUT2D eigenvalue weighted by molar-refractivity contribution is 8.01. The van der Waals surface area contributed by atoms with Crippen molar-refractivity contribution in [2.75, 3.05) is 39.0 Å². The van der Waals surface area contributed by atoms with Crippen LogP contribution in [0.25, 0.3) is 0 Å². The van der Waals surface area contributed by atoms with Crippen molar-refractivity contribution in [3.63, 3.8) is 0 Å². The predicted molar refractivity (Wildman–Crippen MR) is 109 cm³/mol. The Balaban J connectivity index is 1.41. The molecular formula is C19H25N3O5S2. The van der Waals surface area contributed by atoms with Gasteiger partial charge in [0.15, 0.2) is 0 Å². The number of carbonyl (C=O) groups is 2. The zero-order chi connectivity index (χ0) is 20.8. The highest BCUT2D eigenvalue weighted by Gasteiger charge is 2.53. The second kappa shape index (κ2) is 7.48. The summed E-state index contributed by atoms with van der Waals surface area (Å²) in [7, 11) is -2.09. The van der Waals surface area contributed by atoms with Gasteiger partial charge < -0.3 is 14.5 Å². The first-order chi connectivity index (χ1) is 13.8. The number of methoxy groups -OCH3 is 1. The number of carbonyl (C=O) groups excluding carboxylic acids is 2. The van der Waals surface area contributed by atoms with Gasteiger partial charge in [-0.3, -0.25) is 9.59 Å². The van der Waals surface area contributed by atoms with Crippen LogP contribution in [0.15, 0.2) is 29.2 Å². The van der Waals surface area contributed by atoms with E-state index < -0.39 is 16.1 Å². The topological polar surface area (TPSA) is 87.2 Å². The molecule has 1 aromatic rings. The second-order valence-electron chi connectivity index (χ2n) is 7.67. The lowest BCUT2D eigenvalue weighted by atomic mass is 10.2. The van der Waals surface area contributed by atoms with Gasteiger partial charge in [-0.15, -0.1) is 11.8 Å². The molecular weight excluding hydrogens is 414 g/mol. The van der Waals surface area contributed by atoms with Crippen LogP contribution in [0.4, 0.5) is 0 Å². The molecule has 10 heteroatoms. The van der Waals surface area contributed by atoms with Gasteiger partial charge in [0.25, 0.3) is 0 Å². The van der Waals surface area contributed by atoms with Gasteiger partial charge in [0.05, 0.1) is 16.9 Å². The quantitative estimate of drug-likeness (QED) is 0.695. The predicted octanol–water partition coefficient (Wildman–Crippen LogP) is 0.982. The Morgan fingerprint density at radius 2 is 1.83 bits per heavy atom. The average molecular weight is 440 g/mol. The third-order valence-electron chi connectivity index (χ3n) is 5.98. The van der Waals surface area contributed by atoms with E-state index in [-0.39, 0.29) is 34.7 Å². The number of hydrogen-bond acceptors (Lipinski definition) is 6. The highest BCUT2D eigenvalue weighted by Crippen LogP contribution is 2.47. The molecule has 3 aliphatic heterocycles. The van der Waals surface area contributed by atoms with Gasteiger partial charge in [-0.25, -0.2) is 8.42 Å². The van der Waals surface area contributed by atoms with E-state index in [2.05, 4.69) is 0 Å². The largest absolute Gasteiger partial charge is 0.497 e. The van der Waals surface area contributed by atoms with E-state index in [1.165, 1.54) is 23.5 Å². The van der Waals surface area contributed by atoms with Crippen molar-refractivity contribution in [2.45, 2.75) is 35.6 Å². The van der Waals surface area contributed by atoms with Gasteiger partial charge in [-0.1, -0.05) is 0 Å². The Morgan fingerprint density at radius 1 is 1.17 bits per heavy atom. The number of benzene rings is 1. The molecule has 2 atom stereocenters. The molecule has 0 bridgehead atoms. The Morgan fingerprint density at radius 3 is 2.45 bits per heavy atom. The van der Waals surface area contributed by atoms with Crippen molar-refractivity contribution in [3.05, 3.63) is 24.3 Å². The molecule has 0 saturated carbocycles. The first kappa shape index (κ1) is 20.5. The fraction of sp³-hybridized carbons (Fsp3) is 0.579. The van der Waals surface area contributed by atoms with Crippen molar-refractivity contribution in [3.8, 4) is 5.75 Å². The number of thioether (sulfide) groups is 1. The van der Waals surface area contributed by atoms with Crippen molar-refractivity contribution in [1.82, 2.24) is 14.1 Å². The Labute approximate surface area is 175 Å². The fourth-order valence-corrected chi connectivity index (χ4v) is 7.11. The molecule has 0 spiro atoms. The van der Waals surface area contributed by atoms with Crippen LogP contribution in [0.3, 0.4) is 0 Å². The van der Waals surface area contributed by atoms with Gasteiger partial charge in [0, 0.05) is 38.4 Å². The molecule has 0 aliphatic carbocycles. The third-order valence-corrected chi connectivity index (χ3v) is 9.40. The molecule has 2 amide bonds. The van der Waals surface area contributed by atoms with Crippen LogP contribution in [0.2, 0.25) is 0 Å². The van der Waals surface area contributed by atoms with Crippen LogP contribution in [-0.2, 0) is 19.6 Å². The number of piperazine rings is 1. The lowest BCUT2D eigenvalue weighted by Gasteiger charge is -2.37. The third kappa shape index (κ3) is 3.51. The van der Waals surface area contributed by atoms with E-state index >= 15 is 0 Å². The van der Waals surface area contributed by atoms with E-state index in [9.17, 15) is 18.0 Å². The molecule has 3 saturated heterocycles. The number of nitrogens with zero attached hydrogens (tertiary/aromatic N) is 3. The summed E-state index contributed by atoms with van der Waals surface area (Å²) in [5.41, 5.74) is 0. The summed E-state index contributed by atoms with van der Waals surface area (Å²) in [6.07, 6.45) is 1.26. The summed E-state index contributed by atoms with van der Waals surface area (Å²) in [5.74, 6) is 1.16. The molecule has 3 heterocycles. The zero-order valence-electron chi connectivity index (χ0n) is 16.5. The minimum Gasteiger partial charge on any atom is -0.497 e. The van der Waals surface area contributed by atoms with Crippen molar-refractivity contribution < 1.29 is 22.7 Å². The van der Waals surface area contributed by atoms with E-state index in [0.29, 0.717) is 31.0 Å². The Hall–Kier alpha value is -1.78. The maximum Gasteiger partial charge on any atom is 0.246 e. The van der Waals surface area contributed by atoms with Crippen molar-refractivity contribution in [1.29, 1.82) is 0 Å². The molecule has 0 unspecified atom stereocenters. The van der Waals surface area contributed by atoms with Gasteiger partial charge in [0.2, 0.25) is 21.8 Å². The molecule has 3 aliphatic rings. The summed E-state index contributed by atoms with van der Waals surface area (Å²) < 4.78 is 32.2. The van der Waals surface area contributed by atoms with E-state index in [4.69, 9.17) is 4.74 Å². The smallest absolute Gasteiger partial charge is 0.246 e. The Bertz CT molecular complexity index is 912. The zero-order valence-corrected chi connectivity index (χ0v) is 18.2. The number of ether oxygens (including phenoxy) is 1. The van der Waals surface area contributed by atoms with Crippen LogP contribution >= 0.6 is 11.8 Å². The van der Waals surface area contributed by atoms with Crippen LogP contribution in [0, 0.1) is 0 Å². The molecule has 0 aromatic heterocycles. The number of rotatable bonds is 4. The lowest BCUT2D eigenvalue weighted by molar-refractivity contribution is -0.144. The molecule has 0 radical (unpaired) electrons. The number of fused-ring (bicyclic) bond motifs is 1. The standard InChI is InChI=1S/C19H25N3O5S2/c1-19-8-7-17(23)22(19)16(13-28-19)18(24)20-9-11-21(12-10-20)29(25,26)15-5-3-14(27-2)4-6-15/h3-6,16H,7-13H2,1-2H3/t16-,19+/m0/s1. The van der Waals surface area contributed by atoms with Gasteiger partial charge >= 0.3 is 0 Å². The van der Waals surface area contributed by atoms with E-state index in [1.807, 2.05) is 6.92 Å². The molecule has 158 valence electrons. The summed E-state index contributed by atoms with van der Waals surface area (Å²) in [5, 5.41) is 0. The number of amides is 2. The number of hydrogen-bond donors (Lipinski definition) is 0. The monoisotopic (exact) mass is 439 g/mol. The minimum atomic E-state index is -3.62. The van der Waals surface area contributed by atoms with Gasteiger partial charge in [0.1, 0.15) is 11.8 Å². The van der Waals surface area contributed by atoms with E-state index in [1.54, 1.807) is 33.7 Å². The van der Waals surface area contributed by atoms with Crippen molar-refractivity contribution in [2.24, 2.45) is 0 Å². The second-order valence-corrected chi connectivity index (χ2v) is 11.1. The average Bonchev–Trinajstić information content (AvgIpc) is 3.23. The molecule has 4 rings (SSSR count). The van der Waals surface area contributed by atoms with Crippen LogP contribution in [0.5, 0.6) is 5.75 Å². The van der Waals surface area contributed by atoms with Gasteiger partial charge in [-0.2, -0.15) is 4.31 Å². The normalized spacial score (nSPS) is 27.9. The van der Waals surface area contributed by atoms with Crippen LogP contribution < -0.4 is 4.74 Å². The molecule has 1 aromatic carbocycles. The molecule has 8 nitrogen and oxygen atoms in total. The summed E-state index contributed by atoms with van der Waals surface area (Å²) >= 11 is 1.67. The van der Waals surface area contributed by atoms with E-state index in [0.717, 1.165) is 6.42 Å². The lowest BCUT2D eigenvalue weighted by Crippen LogP contribution is -2.56.